The first kappa shape index (κ1) is 17.6. The van der Waals surface area contributed by atoms with E-state index >= 15 is 0 Å². The van der Waals surface area contributed by atoms with Crippen LogP contribution in [0.5, 0.6) is 0 Å². The number of hydrogen-bond donors (Lipinski definition) is 3. The summed E-state index contributed by atoms with van der Waals surface area (Å²) in [5.74, 6) is -0.991. The number of piperazine rings is 1. The summed E-state index contributed by atoms with van der Waals surface area (Å²) in [6.07, 6.45) is 0. The molecule has 2 fully saturated rings. The fraction of sp³-hybridized carbons (Fsp3) is 0.429. The van der Waals surface area contributed by atoms with Crippen LogP contribution in [0.3, 0.4) is 0 Å². The Morgan fingerprint density at radius 1 is 1.25 bits per heavy atom. The number of aliphatic hydroxyl groups is 1. The molecular formula is C21H23N3O4. The average molecular weight is 381 g/mol. The number of allylic oxidation sites excluding steroid dienone is 2. The highest BCUT2D eigenvalue weighted by Gasteiger charge is 2.72. The molecule has 7 heteroatoms. The first-order chi connectivity index (χ1) is 13.4. The molecule has 3 N–H and O–H groups in total. The van der Waals surface area contributed by atoms with Crippen molar-refractivity contribution < 1.29 is 19.4 Å². The molecule has 1 aromatic rings. The van der Waals surface area contributed by atoms with Gasteiger partial charge in [-0.3, -0.25) is 9.59 Å². The molecule has 4 unspecified atom stereocenters. The lowest BCUT2D eigenvalue weighted by Crippen LogP contribution is -2.54. The quantitative estimate of drug-likeness (QED) is 0.522. The van der Waals surface area contributed by atoms with Crippen LogP contribution in [0.25, 0.3) is 0 Å². The van der Waals surface area contributed by atoms with Gasteiger partial charge in [0.2, 0.25) is 11.6 Å². The van der Waals surface area contributed by atoms with Gasteiger partial charge < -0.3 is 25.4 Å². The van der Waals surface area contributed by atoms with Crippen molar-refractivity contribution in [3.63, 3.8) is 0 Å². The molecule has 0 saturated carbocycles. The van der Waals surface area contributed by atoms with E-state index in [1.165, 1.54) is 0 Å². The molecule has 7 nitrogen and oxygen atoms in total. The number of rotatable bonds is 4. The number of methoxy groups -OCH3 is 1. The van der Waals surface area contributed by atoms with E-state index in [1.807, 2.05) is 36.1 Å². The number of Topliss-reactive ketones (excluding diaryl/α,β-unsaturated/α-hetero) is 2. The number of carbonyl (C=O) groups is 2. The number of nitrogens with zero attached hydrogens (tertiary/aromatic N) is 1. The van der Waals surface area contributed by atoms with Gasteiger partial charge in [-0.2, -0.15) is 0 Å². The lowest BCUT2D eigenvalue weighted by molar-refractivity contribution is -0.137. The highest BCUT2D eigenvalue weighted by atomic mass is 16.5. The zero-order chi connectivity index (χ0) is 19.8. The van der Waals surface area contributed by atoms with Crippen LogP contribution in [-0.2, 0) is 14.3 Å². The lowest BCUT2D eigenvalue weighted by atomic mass is 9.82. The fourth-order valence-electron chi connectivity index (χ4n) is 5.08. The molecule has 2 saturated heterocycles. The molecule has 0 amide bonds. The molecule has 1 aromatic carbocycles. The summed E-state index contributed by atoms with van der Waals surface area (Å²) in [7, 11) is 1.58. The predicted molar refractivity (Wildman–Crippen MR) is 102 cm³/mol. The van der Waals surface area contributed by atoms with E-state index in [9.17, 15) is 14.7 Å². The maximum Gasteiger partial charge on any atom is 0.208 e. The van der Waals surface area contributed by atoms with Crippen molar-refractivity contribution in [2.24, 2.45) is 5.92 Å². The molecule has 4 atom stereocenters. The monoisotopic (exact) mass is 381 g/mol. The molecule has 3 aliphatic heterocycles. The Morgan fingerprint density at radius 3 is 2.61 bits per heavy atom. The number of carbonyl (C=O) groups excluding carboxylic acids is 2. The van der Waals surface area contributed by atoms with Crippen molar-refractivity contribution in [3.05, 3.63) is 52.4 Å². The van der Waals surface area contributed by atoms with Crippen molar-refractivity contribution in [3.8, 4) is 0 Å². The number of anilines is 1. The van der Waals surface area contributed by atoms with Gasteiger partial charge in [-0.1, -0.05) is 17.7 Å². The molecule has 0 aromatic heterocycles. The Hall–Kier alpha value is -2.48. The molecular weight excluding hydrogens is 358 g/mol. The summed E-state index contributed by atoms with van der Waals surface area (Å²) in [6.45, 7) is 4.00. The average Bonchev–Trinajstić information content (AvgIpc) is 3.30. The summed E-state index contributed by atoms with van der Waals surface area (Å²) in [6, 6.07) is 7.88. The van der Waals surface area contributed by atoms with E-state index in [-0.39, 0.29) is 36.0 Å². The van der Waals surface area contributed by atoms with Gasteiger partial charge in [0.1, 0.15) is 0 Å². The van der Waals surface area contributed by atoms with E-state index < -0.39 is 11.6 Å². The van der Waals surface area contributed by atoms with Gasteiger partial charge >= 0.3 is 0 Å². The molecule has 146 valence electrons. The normalized spacial score (nSPS) is 33.3. The van der Waals surface area contributed by atoms with Gasteiger partial charge in [0.15, 0.2) is 5.72 Å². The summed E-state index contributed by atoms with van der Waals surface area (Å²) in [5, 5.41) is 16.7. The number of hydrogen-bond acceptors (Lipinski definition) is 7. The number of aliphatic hydroxyl groups excluding tert-OH is 1. The highest BCUT2D eigenvalue weighted by Crippen LogP contribution is 2.55. The van der Waals surface area contributed by atoms with Gasteiger partial charge in [0, 0.05) is 36.5 Å². The van der Waals surface area contributed by atoms with Crippen LogP contribution < -0.4 is 10.6 Å². The van der Waals surface area contributed by atoms with Gasteiger partial charge in [-0.15, -0.1) is 0 Å². The van der Waals surface area contributed by atoms with Crippen molar-refractivity contribution >= 4 is 17.3 Å². The number of fused-ring (bicyclic) bond motifs is 4. The summed E-state index contributed by atoms with van der Waals surface area (Å²) < 4.78 is 5.89. The third-order valence-electron chi connectivity index (χ3n) is 6.54. The van der Waals surface area contributed by atoms with E-state index in [0.29, 0.717) is 23.4 Å². The van der Waals surface area contributed by atoms with Crippen molar-refractivity contribution in [2.45, 2.75) is 31.7 Å². The standard InChI is InChI=1S/C21H23N3O4/c1-10-4-6-12(7-5-10)22-16-11(2)18(26)17-15(19(16)27)13(9-25)21(28-3)20-14(23-20)8-24(17)21/h4-7,13-14,20,22-23,25H,8-9H2,1-3H3. The number of nitrogens with one attached hydrogen (secondary N) is 2. The molecule has 0 bridgehead atoms. The van der Waals surface area contributed by atoms with Gasteiger partial charge in [-0.25, -0.2) is 0 Å². The molecule has 0 radical (unpaired) electrons. The maximum absolute atomic E-state index is 13.5. The minimum absolute atomic E-state index is 0.00895. The second kappa shape index (κ2) is 5.76. The fourth-order valence-corrected chi connectivity index (χ4v) is 5.08. The van der Waals surface area contributed by atoms with Crippen LogP contribution in [-0.4, -0.2) is 59.6 Å². The third kappa shape index (κ3) is 2.04. The Kier molecular flexibility index (Phi) is 3.62. The Bertz CT molecular complexity index is 964. The van der Waals surface area contributed by atoms with Gasteiger partial charge in [0.25, 0.3) is 0 Å². The topological polar surface area (TPSA) is 101 Å². The summed E-state index contributed by atoms with van der Waals surface area (Å²) in [4.78, 5) is 28.7. The Balaban J connectivity index is 1.57. The highest BCUT2D eigenvalue weighted by molar-refractivity contribution is 6.26. The summed E-state index contributed by atoms with van der Waals surface area (Å²) >= 11 is 0. The van der Waals surface area contributed by atoms with Crippen LogP contribution in [0, 0.1) is 12.8 Å². The minimum atomic E-state index is -0.880. The maximum atomic E-state index is 13.5. The minimum Gasteiger partial charge on any atom is -0.396 e. The van der Waals surface area contributed by atoms with Gasteiger partial charge in [-0.05, 0) is 26.0 Å². The molecule has 0 spiro atoms. The van der Waals surface area contributed by atoms with Crippen molar-refractivity contribution in [1.29, 1.82) is 0 Å². The van der Waals surface area contributed by atoms with Crippen LogP contribution in [0.15, 0.2) is 46.8 Å². The largest absolute Gasteiger partial charge is 0.396 e. The lowest BCUT2D eigenvalue weighted by Gasteiger charge is -2.39. The van der Waals surface area contributed by atoms with E-state index in [4.69, 9.17) is 4.74 Å². The number of aryl methyl sites for hydroxylation is 1. The van der Waals surface area contributed by atoms with Gasteiger partial charge in [0.05, 0.1) is 30.0 Å². The zero-order valence-electron chi connectivity index (χ0n) is 16.1. The number of ketones is 2. The number of benzene rings is 1. The van der Waals surface area contributed by atoms with E-state index in [1.54, 1.807) is 14.0 Å². The SMILES string of the molecule is COC12C(CO)C3=C(C(=O)C(C)=C(Nc4ccc(C)cc4)C3=O)N1CC1NC12. The zero-order valence-corrected chi connectivity index (χ0v) is 16.1. The van der Waals surface area contributed by atoms with Crippen LogP contribution in [0.4, 0.5) is 5.69 Å². The molecule has 3 heterocycles. The van der Waals surface area contributed by atoms with E-state index in [2.05, 4.69) is 10.6 Å². The van der Waals surface area contributed by atoms with Crippen LogP contribution in [0.2, 0.25) is 0 Å². The second-order valence-electron chi connectivity index (χ2n) is 7.96. The van der Waals surface area contributed by atoms with Crippen LogP contribution >= 0.6 is 0 Å². The first-order valence-electron chi connectivity index (χ1n) is 9.51. The van der Waals surface area contributed by atoms with Crippen molar-refractivity contribution in [2.75, 3.05) is 25.6 Å². The first-order valence-corrected chi connectivity index (χ1v) is 9.51. The molecule has 28 heavy (non-hydrogen) atoms. The Morgan fingerprint density at radius 2 is 1.96 bits per heavy atom. The molecule has 4 aliphatic rings. The molecule has 1 aliphatic carbocycles. The second-order valence-corrected chi connectivity index (χ2v) is 7.96. The van der Waals surface area contributed by atoms with Crippen LogP contribution in [0.1, 0.15) is 12.5 Å². The third-order valence-corrected chi connectivity index (χ3v) is 6.54. The smallest absolute Gasteiger partial charge is 0.208 e. The van der Waals surface area contributed by atoms with E-state index in [0.717, 1.165) is 11.3 Å². The summed E-state index contributed by atoms with van der Waals surface area (Å²) in [5.41, 5.74) is 2.40. The van der Waals surface area contributed by atoms with Crippen molar-refractivity contribution in [1.82, 2.24) is 10.2 Å². The molecule has 5 rings (SSSR count). The predicted octanol–water partition coefficient (Wildman–Crippen LogP) is 0.708. The number of ether oxygens (including phenoxy) is 1. The Labute approximate surface area is 163 Å².